The molecule has 1 N–H and O–H groups in total. The number of β-amino-alcohol motifs (C(OH)–C–C–N with tert-alkyl or cyclic N) is 1. The molecular formula is C12H19N3O4. The van der Waals surface area contributed by atoms with Crippen LogP contribution >= 0.6 is 0 Å². The minimum absolute atomic E-state index is 0.0177. The summed E-state index contributed by atoms with van der Waals surface area (Å²) in [7, 11) is 1.52. The molecule has 0 aromatic rings. The molecule has 0 aromatic carbocycles. The summed E-state index contributed by atoms with van der Waals surface area (Å²) < 4.78 is 0. The first-order valence-corrected chi connectivity index (χ1v) is 6.36. The fourth-order valence-corrected chi connectivity index (χ4v) is 2.49. The minimum atomic E-state index is -0.885. The molecule has 0 aliphatic carbocycles. The van der Waals surface area contributed by atoms with E-state index in [9.17, 15) is 19.5 Å². The molecule has 19 heavy (non-hydrogen) atoms. The fourth-order valence-electron chi connectivity index (χ4n) is 2.49. The van der Waals surface area contributed by atoms with Gasteiger partial charge in [-0.15, -0.1) is 0 Å². The lowest BCUT2D eigenvalue weighted by Gasteiger charge is -2.37. The van der Waals surface area contributed by atoms with Gasteiger partial charge in [-0.05, 0) is 19.8 Å². The van der Waals surface area contributed by atoms with Crippen molar-refractivity contribution in [1.82, 2.24) is 14.7 Å². The van der Waals surface area contributed by atoms with Crippen molar-refractivity contribution in [3.05, 3.63) is 0 Å². The molecular weight excluding hydrogens is 250 g/mol. The second-order valence-electron chi connectivity index (χ2n) is 5.53. The molecule has 2 fully saturated rings. The summed E-state index contributed by atoms with van der Waals surface area (Å²) in [4.78, 5) is 39.1. The van der Waals surface area contributed by atoms with Crippen LogP contribution in [0.3, 0.4) is 0 Å². The average Bonchev–Trinajstić information content (AvgIpc) is 2.54. The van der Waals surface area contributed by atoms with Gasteiger partial charge in [0.2, 0.25) is 5.91 Å². The van der Waals surface area contributed by atoms with E-state index in [2.05, 4.69) is 0 Å². The van der Waals surface area contributed by atoms with Gasteiger partial charge in [0.1, 0.15) is 13.1 Å². The summed E-state index contributed by atoms with van der Waals surface area (Å²) in [5, 5.41) is 9.95. The van der Waals surface area contributed by atoms with Gasteiger partial charge in [0.25, 0.3) is 5.91 Å². The number of likely N-dealkylation sites (N-methyl/N-ethyl adjacent to an activating group) is 1. The summed E-state index contributed by atoms with van der Waals surface area (Å²) in [6, 6.07) is -0.442. The monoisotopic (exact) mass is 269 g/mol. The predicted molar refractivity (Wildman–Crippen MR) is 66.2 cm³/mol. The van der Waals surface area contributed by atoms with E-state index in [1.807, 2.05) is 0 Å². The van der Waals surface area contributed by atoms with Gasteiger partial charge in [0, 0.05) is 20.1 Å². The molecule has 0 aromatic heterocycles. The summed E-state index contributed by atoms with van der Waals surface area (Å²) in [6.45, 7) is 2.27. The van der Waals surface area contributed by atoms with Crippen molar-refractivity contribution < 1.29 is 19.5 Å². The molecule has 0 radical (unpaired) electrons. The van der Waals surface area contributed by atoms with Gasteiger partial charge in [0.05, 0.1) is 5.60 Å². The third-order valence-corrected chi connectivity index (χ3v) is 3.55. The molecule has 2 heterocycles. The number of urea groups is 1. The van der Waals surface area contributed by atoms with Gasteiger partial charge < -0.3 is 14.9 Å². The number of imide groups is 1. The Bertz CT molecular complexity index is 421. The normalized spacial score (nSPS) is 28.3. The highest BCUT2D eigenvalue weighted by Crippen LogP contribution is 2.20. The Balaban J connectivity index is 1.98. The zero-order valence-corrected chi connectivity index (χ0v) is 11.3. The number of carbonyl (C=O) groups excluding carboxylic acids is 3. The Morgan fingerprint density at radius 1 is 1.42 bits per heavy atom. The van der Waals surface area contributed by atoms with E-state index in [1.165, 1.54) is 16.8 Å². The van der Waals surface area contributed by atoms with E-state index in [-0.39, 0.29) is 31.4 Å². The molecule has 2 saturated heterocycles. The Morgan fingerprint density at radius 3 is 2.63 bits per heavy atom. The number of aliphatic hydroxyl groups is 1. The highest BCUT2D eigenvalue weighted by molar-refractivity contribution is 6.04. The number of rotatable bonds is 2. The standard InChI is InChI=1S/C12H19N3O4/c1-12(19)4-3-5-14(8-12)9(16)7-15-10(17)6-13(2)11(15)18/h19H,3-8H2,1-2H3. The van der Waals surface area contributed by atoms with Gasteiger partial charge in [-0.1, -0.05) is 0 Å². The highest BCUT2D eigenvalue weighted by Gasteiger charge is 2.37. The maximum absolute atomic E-state index is 12.1. The van der Waals surface area contributed by atoms with Crippen LogP contribution in [0.25, 0.3) is 0 Å². The predicted octanol–water partition coefficient (Wildman–Crippen LogP) is -0.746. The molecule has 2 rings (SSSR count). The molecule has 2 aliphatic rings. The molecule has 2 aliphatic heterocycles. The second-order valence-corrected chi connectivity index (χ2v) is 5.53. The van der Waals surface area contributed by atoms with Crippen LogP contribution in [0.5, 0.6) is 0 Å². The molecule has 1 unspecified atom stereocenters. The van der Waals surface area contributed by atoms with Crippen LogP contribution in [0.4, 0.5) is 4.79 Å². The minimum Gasteiger partial charge on any atom is -0.388 e. The lowest BCUT2D eigenvalue weighted by molar-refractivity contribution is -0.141. The number of nitrogens with zero attached hydrogens (tertiary/aromatic N) is 3. The van der Waals surface area contributed by atoms with Crippen LogP contribution in [0, 0.1) is 0 Å². The van der Waals surface area contributed by atoms with Crippen LogP contribution in [0.1, 0.15) is 19.8 Å². The van der Waals surface area contributed by atoms with E-state index in [0.717, 1.165) is 11.3 Å². The van der Waals surface area contributed by atoms with E-state index in [1.54, 1.807) is 6.92 Å². The maximum Gasteiger partial charge on any atom is 0.327 e. The molecule has 1 atom stereocenters. The molecule has 7 nitrogen and oxygen atoms in total. The van der Waals surface area contributed by atoms with Gasteiger partial charge >= 0.3 is 6.03 Å². The number of amides is 4. The van der Waals surface area contributed by atoms with Gasteiger partial charge in [-0.3, -0.25) is 14.5 Å². The Labute approximate surface area is 111 Å². The van der Waals surface area contributed by atoms with Gasteiger partial charge in [0.15, 0.2) is 0 Å². The summed E-state index contributed by atoms with van der Waals surface area (Å²) in [6.07, 6.45) is 1.38. The largest absolute Gasteiger partial charge is 0.388 e. The fraction of sp³-hybridized carbons (Fsp3) is 0.750. The van der Waals surface area contributed by atoms with Gasteiger partial charge in [-0.2, -0.15) is 0 Å². The van der Waals surface area contributed by atoms with Crippen molar-refractivity contribution in [2.75, 3.05) is 33.2 Å². The third-order valence-electron chi connectivity index (χ3n) is 3.55. The second kappa shape index (κ2) is 4.80. The van der Waals surface area contributed by atoms with Crippen molar-refractivity contribution in [2.24, 2.45) is 0 Å². The van der Waals surface area contributed by atoms with Crippen molar-refractivity contribution >= 4 is 17.8 Å². The molecule has 0 bridgehead atoms. The van der Waals surface area contributed by atoms with Crippen LogP contribution in [-0.2, 0) is 9.59 Å². The first-order chi connectivity index (χ1) is 8.80. The van der Waals surface area contributed by atoms with E-state index in [4.69, 9.17) is 0 Å². The topological polar surface area (TPSA) is 81.2 Å². The van der Waals surface area contributed by atoms with E-state index in [0.29, 0.717) is 13.0 Å². The zero-order chi connectivity index (χ0) is 14.2. The lowest BCUT2D eigenvalue weighted by atomic mass is 9.95. The highest BCUT2D eigenvalue weighted by atomic mass is 16.3. The van der Waals surface area contributed by atoms with E-state index < -0.39 is 11.6 Å². The summed E-state index contributed by atoms with van der Waals surface area (Å²) >= 11 is 0. The van der Waals surface area contributed by atoms with Crippen molar-refractivity contribution in [3.63, 3.8) is 0 Å². The first kappa shape index (κ1) is 13.8. The van der Waals surface area contributed by atoms with Crippen molar-refractivity contribution in [2.45, 2.75) is 25.4 Å². The lowest BCUT2D eigenvalue weighted by Crippen LogP contribution is -2.51. The quantitative estimate of drug-likeness (QED) is 0.669. The van der Waals surface area contributed by atoms with Crippen LogP contribution in [0.2, 0.25) is 0 Å². The maximum atomic E-state index is 12.1. The number of likely N-dealkylation sites (tertiary alicyclic amines) is 1. The molecule has 4 amide bonds. The number of hydrogen-bond acceptors (Lipinski definition) is 4. The molecule has 0 spiro atoms. The number of piperidine rings is 1. The summed E-state index contributed by atoms with van der Waals surface area (Å²) in [5.74, 6) is -0.651. The smallest absolute Gasteiger partial charge is 0.327 e. The number of carbonyl (C=O) groups is 3. The summed E-state index contributed by atoms with van der Waals surface area (Å²) in [5.41, 5.74) is -0.885. The molecule has 0 saturated carbocycles. The Kier molecular flexibility index (Phi) is 3.49. The Hall–Kier alpha value is -1.63. The molecule has 106 valence electrons. The van der Waals surface area contributed by atoms with Crippen LogP contribution in [0.15, 0.2) is 0 Å². The van der Waals surface area contributed by atoms with Crippen LogP contribution in [-0.4, -0.2) is 76.5 Å². The third kappa shape index (κ3) is 2.86. The average molecular weight is 269 g/mol. The first-order valence-electron chi connectivity index (χ1n) is 6.36. The van der Waals surface area contributed by atoms with Crippen molar-refractivity contribution in [3.8, 4) is 0 Å². The van der Waals surface area contributed by atoms with E-state index >= 15 is 0 Å². The number of hydrogen-bond donors (Lipinski definition) is 1. The Morgan fingerprint density at radius 2 is 2.11 bits per heavy atom. The SMILES string of the molecule is CN1CC(=O)N(CC(=O)N2CCCC(C)(O)C2)C1=O. The van der Waals surface area contributed by atoms with Crippen molar-refractivity contribution in [1.29, 1.82) is 0 Å². The molecule has 7 heteroatoms. The van der Waals surface area contributed by atoms with Crippen LogP contribution < -0.4 is 0 Å². The zero-order valence-electron chi connectivity index (χ0n) is 11.3. The van der Waals surface area contributed by atoms with Gasteiger partial charge in [-0.25, -0.2) is 4.79 Å².